The fraction of sp³-hybridized carbons (Fsp3) is 0.0857. The van der Waals surface area contributed by atoms with Crippen molar-refractivity contribution in [3.05, 3.63) is 114 Å². The van der Waals surface area contributed by atoms with Gasteiger partial charge < -0.3 is 0 Å². The van der Waals surface area contributed by atoms with Crippen LogP contribution in [0.3, 0.4) is 0 Å². The Bertz CT molecular complexity index is 2270. The first-order valence-electron chi connectivity index (χ1n) is 13.2. The van der Waals surface area contributed by atoms with Gasteiger partial charge in [-0.15, -0.1) is 0 Å². The van der Waals surface area contributed by atoms with E-state index in [2.05, 4.69) is 97.1 Å². The van der Waals surface area contributed by atoms with Crippen LogP contribution in [0, 0.1) is 0 Å². The van der Waals surface area contributed by atoms with Gasteiger partial charge in [-0.05, 0) is 57.6 Å². The zero-order valence-corrected chi connectivity index (χ0v) is 21.2. The minimum Gasteiger partial charge on any atom is -0.291 e. The molecule has 8 aromatic rings. The van der Waals surface area contributed by atoms with Crippen LogP contribution in [0.15, 0.2) is 103 Å². The maximum absolute atomic E-state index is 5.11. The second-order valence-corrected chi connectivity index (χ2v) is 11.1. The summed E-state index contributed by atoms with van der Waals surface area (Å²) in [4.78, 5) is 10.2. The fourth-order valence-electron chi connectivity index (χ4n) is 6.98. The van der Waals surface area contributed by atoms with E-state index >= 15 is 0 Å². The summed E-state index contributed by atoms with van der Waals surface area (Å²) < 4.78 is 2.32. The molecule has 1 aliphatic carbocycles. The standard InChI is InChI=1S/C35H23N3/c1-35(2)26-13-4-3-9-22(26)25-19-20(17-18-27(25)35)21-10-8-16-30-31(21)23-11-7-12-24-32-34(38(30)33(23)24)37-29-15-6-5-14-28(29)36-32/h3-19H,1-2H3. The zero-order valence-electron chi connectivity index (χ0n) is 21.2. The van der Waals surface area contributed by atoms with Gasteiger partial charge in [0.1, 0.15) is 5.52 Å². The molecule has 3 nitrogen and oxygen atoms in total. The summed E-state index contributed by atoms with van der Waals surface area (Å²) in [6.07, 6.45) is 0. The van der Waals surface area contributed by atoms with Crippen molar-refractivity contribution in [2.75, 3.05) is 0 Å². The van der Waals surface area contributed by atoms with Crippen LogP contribution in [-0.4, -0.2) is 14.4 Å². The molecule has 0 saturated carbocycles. The number of nitrogens with zero attached hydrogens (tertiary/aromatic N) is 3. The highest BCUT2D eigenvalue weighted by molar-refractivity contribution is 6.25. The molecule has 0 saturated heterocycles. The van der Waals surface area contributed by atoms with Gasteiger partial charge in [0.25, 0.3) is 0 Å². The quantitative estimate of drug-likeness (QED) is 0.233. The van der Waals surface area contributed by atoms with Crippen molar-refractivity contribution in [3.8, 4) is 22.3 Å². The Morgan fingerprint density at radius 3 is 2.21 bits per heavy atom. The van der Waals surface area contributed by atoms with Gasteiger partial charge in [-0.2, -0.15) is 0 Å². The average Bonchev–Trinajstić information content (AvgIpc) is 3.55. The number of benzene rings is 5. The molecule has 178 valence electrons. The van der Waals surface area contributed by atoms with Gasteiger partial charge in [-0.3, -0.25) is 4.40 Å². The van der Waals surface area contributed by atoms with E-state index in [0.29, 0.717) is 0 Å². The van der Waals surface area contributed by atoms with Crippen LogP contribution in [0.5, 0.6) is 0 Å². The normalized spacial score (nSPS) is 14.3. The van der Waals surface area contributed by atoms with Gasteiger partial charge in [0.15, 0.2) is 5.65 Å². The Morgan fingerprint density at radius 2 is 1.32 bits per heavy atom. The molecule has 0 fully saturated rings. The fourth-order valence-corrected chi connectivity index (χ4v) is 6.98. The maximum Gasteiger partial charge on any atom is 0.165 e. The molecule has 0 spiro atoms. The van der Waals surface area contributed by atoms with E-state index < -0.39 is 0 Å². The SMILES string of the molecule is CC1(C)c2ccccc2-c2cc(-c3cccc4c3c3cccc5c6nc7ccccc7nc6n4c53)ccc21. The molecule has 38 heavy (non-hydrogen) atoms. The van der Waals surface area contributed by atoms with Crippen LogP contribution in [-0.2, 0) is 5.41 Å². The molecule has 0 unspecified atom stereocenters. The minimum atomic E-state index is 0.00732. The monoisotopic (exact) mass is 485 g/mol. The summed E-state index contributed by atoms with van der Waals surface area (Å²) in [6.45, 7) is 4.67. The summed E-state index contributed by atoms with van der Waals surface area (Å²) in [5.74, 6) is 0. The summed E-state index contributed by atoms with van der Waals surface area (Å²) in [7, 11) is 0. The van der Waals surface area contributed by atoms with Crippen molar-refractivity contribution in [1.29, 1.82) is 0 Å². The van der Waals surface area contributed by atoms with E-state index in [1.54, 1.807) is 0 Å². The Labute approximate surface area is 219 Å². The van der Waals surface area contributed by atoms with Crippen molar-refractivity contribution in [2.24, 2.45) is 0 Å². The molecule has 3 aromatic heterocycles. The molecule has 9 rings (SSSR count). The average molecular weight is 486 g/mol. The third kappa shape index (κ3) is 2.35. The lowest BCUT2D eigenvalue weighted by atomic mass is 9.82. The van der Waals surface area contributed by atoms with Crippen LogP contribution < -0.4 is 0 Å². The molecule has 1 aliphatic rings. The van der Waals surface area contributed by atoms with Gasteiger partial charge in [0.05, 0.1) is 22.1 Å². The van der Waals surface area contributed by atoms with Crippen molar-refractivity contribution in [2.45, 2.75) is 19.3 Å². The van der Waals surface area contributed by atoms with E-state index in [1.165, 1.54) is 55.2 Å². The molecule has 0 aliphatic heterocycles. The summed E-state index contributed by atoms with van der Waals surface area (Å²) in [6, 6.07) is 37.3. The third-order valence-electron chi connectivity index (χ3n) is 8.73. The van der Waals surface area contributed by atoms with Crippen LogP contribution >= 0.6 is 0 Å². The summed E-state index contributed by atoms with van der Waals surface area (Å²) in [5.41, 5.74) is 14.1. The lowest BCUT2D eigenvalue weighted by Crippen LogP contribution is -2.14. The second kappa shape index (κ2) is 6.76. The van der Waals surface area contributed by atoms with Crippen LogP contribution in [0.1, 0.15) is 25.0 Å². The second-order valence-electron chi connectivity index (χ2n) is 11.1. The molecule has 3 heterocycles. The Kier molecular flexibility index (Phi) is 3.61. The molecule has 0 N–H and O–H groups in total. The highest BCUT2D eigenvalue weighted by atomic mass is 15.0. The molecule has 0 radical (unpaired) electrons. The van der Waals surface area contributed by atoms with Gasteiger partial charge in [-0.1, -0.05) is 92.7 Å². The molecule has 3 heteroatoms. The number of rotatable bonds is 1. The summed E-state index contributed by atoms with van der Waals surface area (Å²) in [5, 5.41) is 3.68. The Balaban J connectivity index is 1.38. The Hall–Kier alpha value is -4.76. The van der Waals surface area contributed by atoms with Gasteiger partial charge >= 0.3 is 0 Å². The lowest BCUT2D eigenvalue weighted by molar-refractivity contribution is 0.660. The maximum atomic E-state index is 5.11. The number of aromatic nitrogens is 3. The zero-order chi connectivity index (χ0) is 25.2. The lowest BCUT2D eigenvalue weighted by Gasteiger charge is -2.21. The summed E-state index contributed by atoms with van der Waals surface area (Å²) >= 11 is 0. The predicted octanol–water partition coefficient (Wildman–Crippen LogP) is 8.75. The largest absolute Gasteiger partial charge is 0.291 e. The Morgan fingerprint density at radius 1 is 0.605 bits per heavy atom. The third-order valence-corrected chi connectivity index (χ3v) is 8.73. The molecule has 0 bridgehead atoms. The number of para-hydroxylation sites is 3. The van der Waals surface area contributed by atoms with Crippen molar-refractivity contribution < 1.29 is 0 Å². The van der Waals surface area contributed by atoms with E-state index in [0.717, 1.165) is 27.6 Å². The molecule has 5 aromatic carbocycles. The van der Waals surface area contributed by atoms with E-state index in [-0.39, 0.29) is 5.41 Å². The van der Waals surface area contributed by atoms with E-state index in [4.69, 9.17) is 9.97 Å². The van der Waals surface area contributed by atoms with Crippen LogP contribution in [0.25, 0.3) is 71.6 Å². The van der Waals surface area contributed by atoms with E-state index in [1.807, 2.05) is 24.3 Å². The van der Waals surface area contributed by atoms with Gasteiger partial charge in [0.2, 0.25) is 0 Å². The first kappa shape index (κ1) is 20.3. The molecule has 0 atom stereocenters. The van der Waals surface area contributed by atoms with Gasteiger partial charge in [-0.25, -0.2) is 9.97 Å². The highest BCUT2D eigenvalue weighted by Crippen LogP contribution is 2.50. The topological polar surface area (TPSA) is 30.2 Å². The number of hydrogen-bond acceptors (Lipinski definition) is 2. The molecule has 0 amide bonds. The van der Waals surface area contributed by atoms with Crippen LogP contribution in [0.4, 0.5) is 0 Å². The first-order chi connectivity index (χ1) is 18.6. The molecular formula is C35H23N3. The molecular weight excluding hydrogens is 462 g/mol. The van der Waals surface area contributed by atoms with Gasteiger partial charge in [0, 0.05) is 21.6 Å². The van der Waals surface area contributed by atoms with Crippen molar-refractivity contribution >= 4 is 49.4 Å². The van der Waals surface area contributed by atoms with Crippen molar-refractivity contribution in [3.63, 3.8) is 0 Å². The predicted molar refractivity (Wildman–Crippen MR) is 157 cm³/mol. The first-order valence-corrected chi connectivity index (χ1v) is 13.2. The van der Waals surface area contributed by atoms with Crippen LogP contribution in [0.2, 0.25) is 0 Å². The smallest absolute Gasteiger partial charge is 0.165 e. The number of hydrogen-bond donors (Lipinski definition) is 0. The highest BCUT2D eigenvalue weighted by Gasteiger charge is 2.35. The van der Waals surface area contributed by atoms with E-state index in [9.17, 15) is 0 Å². The number of fused-ring (bicyclic) bond motifs is 10. The van der Waals surface area contributed by atoms with Crippen molar-refractivity contribution in [1.82, 2.24) is 14.4 Å². The minimum absolute atomic E-state index is 0.00732.